The van der Waals surface area contributed by atoms with Crippen LogP contribution in [-0.2, 0) is 9.59 Å². The van der Waals surface area contributed by atoms with E-state index >= 15 is 0 Å². The first-order valence-corrected chi connectivity index (χ1v) is 6.69. The molecule has 0 radical (unpaired) electrons. The lowest BCUT2D eigenvalue weighted by Crippen LogP contribution is -2.33. The number of thiophene rings is 1. The topological polar surface area (TPSA) is 57.6 Å². The van der Waals surface area contributed by atoms with E-state index < -0.39 is 5.97 Å². The van der Waals surface area contributed by atoms with Crippen molar-refractivity contribution in [1.29, 1.82) is 0 Å². The van der Waals surface area contributed by atoms with Crippen molar-refractivity contribution in [3.05, 3.63) is 27.3 Å². The van der Waals surface area contributed by atoms with Crippen LogP contribution in [0.15, 0.2) is 22.4 Å². The molecule has 1 fully saturated rings. The van der Waals surface area contributed by atoms with E-state index in [2.05, 4.69) is 0 Å². The van der Waals surface area contributed by atoms with Crippen LogP contribution >= 0.6 is 35.3 Å². The number of hydrogen-bond acceptors (Lipinski definition) is 5. The van der Waals surface area contributed by atoms with E-state index in [4.69, 9.17) is 17.3 Å². The Labute approximate surface area is 111 Å². The average Bonchev–Trinajstić information content (AvgIpc) is 2.83. The fraction of sp³-hybridized carbons (Fsp3) is 0.100. The number of thiocarbonyl (C=S) groups is 1. The van der Waals surface area contributed by atoms with Gasteiger partial charge in [-0.1, -0.05) is 30.0 Å². The minimum atomic E-state index is -1.07. The molecule has 4 nitrogen and oxygen atoms in total. The molecule has 1 aromatic heterocycles. The van der Waals surface area contributed by atoms with E-state index in [9.17, 15) is 9.59 Å². The van der Waals surface area contributed by atoms with E-state index in [0.717, 1.165) is 21.5 Å². The van der Waals surface area contributed by atoms with Crippen LogP contribution in [0, 0.1) is 0 Å². The first-order valence-electron chi connectivity index (χ1n) is 4.58. The molecular weight excluding hydrogens is 278 g/mol. The molecule has 1 aromatic rings. The fourth-order valence-electron chi connectivity index (χ4n) is 1.27. The summed E-state index contributed by atoms with van der Waals surface area (Å²) in [5.41, 5.74) is 0. The van der Waals surface area contributed by atoms with Crippen molar-refractivity contribution in [1.82, 2.24) is 4.90 Å². The van der Waals surface area contributed by atoms with Gasteiger partial charge in [0.05, 0.1) is 4.91 Å². The Bertz CT molecular complexity index is 507. The van der Waals surface area contributed by atoms with Crippen LogP contribution in [-0.4, -0.2) is 32.7 Å². The highest BCUT2D eigenvalue weighted by molar-refractivity contribution is 8.26. The third-order valence-corrected chi connectivity index (χ3v) is 4.18. The van der Waals surface area contributed by atoms with E-state index in [1.807, 2.05) is 17.5 Å². The molecule has 0 spiro atoms. The van der Waals surface area contributed by atoms with Crippen LogP contribution in [0.4, 0.5) is 0 Å². The molecule has 1 saturated heterocycles. The van der Waals surface area contributed by atoms with Crippen LogP contribution in [0.25, 0.3) is 6.08 Å². The molecule has 0 saturated carbocycles. The third-order valence-electron chi connectivity index (χ3n) is 1.98. The van der Waals surface area contributed by atoms with Gasteiger partial charge in [-0.25, -0.2) is 0 Å². The van der Waals surface area contributed by atoms with Crippen LogP contribution in [0.3, 0.4) is 0 Å². The molecule has 0 bridgehead atoms. The Balaban J connectivity index is 2.21. The van der Waals surface area contributed by atoms with Gasteiger partial charge in [-0.15, -0.1) is 11.3 Å². The van der Waals surface area contributed by atoms with Crippen molar-refractivity contribution >= 4 is 57.6 Å². The Morgan fingerprint density at radius 2 is 2.35 bits per heavy atom. The zero-order valence-electron chi connectivity index (χ0n) is 8.45. The predicted molar refractivity (Wildman–Crippen MR) is 71.8 cm³/mol. The van der Waals surface area contributed by atoms with E-state index in [-0.39, 0.29) is 12.5 Å². The Morgan fingerprint density at radius 3 is 2.94 bits per heavy atom. The Morgan fingerprint density at radius 1 is 1.59 bits per heavy atom. The van der Waals surface area contributed by atoms with Gasteiger partial charge in [-0.2, -0.15) is 0 Å². The molecule has 2 rings (SSSR count). The number of amides is 1. The number of carbonyl (C=O) groups is 2. The van der Waals surface area contributed by atoms with Crippen LogP contribution in [0.1, 0.15) is 4.88 Å². The zero-order valence-corrected chi connectivity index (χ0v) is 10.9. The molecule has 88 valence electrons. The summed E-state index contributed by atoms with van der Waals surface area (Å²) >= 11 is 7.62. The number of carboxylic acids is 1. The maximum Gasteiger partial charge on any atom is 0.323 e. The van der Waals surface area contributed by atoms with Gasteiger partial charge in [-0.05, 0) is 17.5 Å². The maximum atomic E-state index is 11.9. The third kappa shape index (κ3) is 2.74. The van der Waals surface area contributed by atoms with Gasteiger partial charge in [-0.3, -0.25) is 14.5 Å². The predicted octanol–water partition coefficient (Wildman–Crippen LogP) is 2.03. The van der Waals surface area contributed by atoms with Crippen molar-refractivity contribution in [2.75, 3.05) is 6.54 Å². The highest BCUT2D eigenvalue weighted by Crippen LogP contribution is 2.32. The van der Waals surface area contributed by atoms with Crippen molar-refractivity contribution in [3.63, 3.8) is 0 Å². The van der Waals surface area contributed by atoms with Gasteiger partial charge in [0.25, 0.3) is 5.91 Å². The van der Waals surface area contributed by atoms with Crippen molar-refractivity contribution in [2.45, 2.75) is 0 Å². The molecular formula is C10H7NO3S3. The summed E-state index contributed by atoms with van der Waals surface area (Å²) in [6.45, 7) is -0.382. The zero-order chi connectivity index (χ0) is 12.4. The molecule has 1 N–H and O–H groups in total. The standard InChI is InChI=1S/C10H7NO3S3/c12-8(13)5-11-9(14)7(17-10(11)15)4-6-2-1-3-16-6/h1-4H,5H2,(H,12,13)/b7-4+. The normalized spacial score (nSPS) is 18.1. The second kappa shape index (κ2) is 4.99. The molecule has 0 atom stereocenters. The largest absolute Gasteiger partial charge is 0.480 e. The van der Waals surface area contributed by atoms with Crippen LogP contribution in [0.5, 0.6) is 0 Å². The SMILES string of the molecule is O=C(O)CN1C(=O)/C(=C\c2cccs2)SC1=S. The van der Waals surface area contributed by atoms with E-state index in [1.165, 1.54) is 11.3 Å². The summed E-state index contributed by atoms with van der Waals surface area (Å²) in [6.07, 6.45) is 1.73. The highest BCUT2D eigenvalue weighted by Gasteiger charge is 2.33. The number of aliphatic carboxylic acids is 1. The maximum absolute atomic E-state index is 11.9. The lowest BCUT2D eigenvalue weighted by atomic mass is 10.4. The second-order valence-electron chi connectivity index (χ2n) is 3.18. The first-order chi connectivity index (χ1) is 8.08. The van der Waals surface area contributed by atoms with E-state index in [0.29, 0.717) is 9.23 Å². The quantitative estimate of drug-likeness (QED) is 0.680. The van der Waals surface area contributed by atoms with Gasteiger partial charge in [0, 0.05) is 4.88 Å². The van der Waals surface area contributed by atoms with Gasteiger partial charge in [0.2, 0.25) is 0 Å². The summed E-state index contributed by atoms with van der Waals surface area (Å²) in [6, 6.07) is 3.77. The highest BCUT2D eigenvalue weighted by atomic mass is 32.2. The molecule has 1 aliphatic rings. The summed E-state index contributed by atoms with van der Waals surface area (Å²) < 4.78 is 0.292. The fourth-order valence-corrected chi connectivity index (χ4v) is 3.25. The summed E-state index contributed by atoms with van der Waals surface area (Å²) in [5.74, 6) is -1.41. The lowest BCUT2D eigenvalue weighted by Gasteiger charge is -2.09. The smallest absolute Gasteiger partial charge is 0.323 e. The molecule has 17 heavy (non-hydrogen) atoms. The monoisotopic (exact) mass is 285 g/mol. The number of hydrogen-bond donors (Lipinski definition) is 1. The molecule has 0 unspecified atom stereocenters. The summed E-state index contributed by atoms with van der Waals surface area (Å²) in [7, 11) is 0. The number of carboxylic acid groups (broad SMARTS) is 1. The molecule has 1 amide bonds. The Kier molecular flexibility index (Phi) is 3.60. The van der Waals surface area contributed by atoms with Gasteiger partial charge in [0.1, 0.15) is 10.9 Å². The summed E-state index contributed by atoms with van der Waals surface area (Å²) in [4.78, 5) is 25.0. The van der Waals surface area contributed by atoms with Crippen LogP contribution < -0.4 is 0 Å². The van der Waals surface area contributed by atoms with Crippen molar-refractivity contribution in [2.24, 2.45) is 0 Å². The Hall–Kier alpha value is -1.18. The minimum Gasteiger partial charge on any atom is -0.480 e. The number of rotatable bonds is 3. The molecule has 1 aliphatic heterocycles. The number of nitrogens with zero attached hydrogens (tertiary/aromatic N) is 1. The van der Waals surface area contributed by atoms with Crippen molar-refractivity contribution < 1.29 is 14.7 Å². The number of carbonyl (C=O) groups excluding carboxylic acids is 1. The van der Waals surface area contributed by atoms with E-state index in [1.54, 1.807) is 6.08 Å². The first kappa shape index (κ1) is 12.3. The molecule has 2 heterocycles. The molecule has 0 aromatic carbocycles. The van der Waals surface area contributed by atoms with Gasteiger partial charge < -0.3 is 5.11 Å². The average molecular weight is 285 g/mol. The molecule has 7 heteroatoms. The number of thioether (sulfide) groups is 1. The summed E-state index contributed by atoms with van der Waals surface area (Å²) in [5, 5.41) is 10.6. The second-order valence-corrected chi connectivity index (χ2v) is 5.83. The van der Waals surface area contributed by atoms with Gasteiger partial charge >= 0.3 is 5.97 Å². The lowest BCUT2D eigenvalue weighted by molar-refractivity contribution is -0.140. The van der Waals surface area contributed by atoms with Crippen molar-refractivity contribution in [3.8, 4) is 0 Å². The minimum absolute atomic E-state index is 0.292. The van der Waals surface area contributed by atoms with Gasteiger partial charge in [0.15, 0.2) is 0 Å². The molecule has 0 aliphatic carbocycles. The van der Waals surface area contributed by atoms with Crippen LogP contribution in [0.2, 0.25) is 0 Å².